The number of nitrogens with one attached hydrogen (secondary N) is 1. The summed E-state index contributed by atoms with van der Waals surface area (Å²) in [4.78, 5) is 17.6. The molecule has 1 aliphatic heterocycles. The molecule has 8 nitrogen and oxygen atoms in total. The number of hydrogen-bond acceptors (Lipinski definition) is 6. The smallest absolute Gasteiger partial charge is 0.232 e. The minimum absolute atomic E-state index is 0.554. The summed E-state index contributed by atoms with van der Waals surface area (Å²) in [6, 6.07) is 0. The second-order valence-electron chi connectivity index (χ2n) is 5.94. The quantitative estimate of drug-likeness (QED) is 0.384. The zero-order valence-electron chi connectivity index (χ0n) is 15.9. The summed E-state index contributed by atoms with van der Waals surface area (Å²) < 4.78 is 11.6. The molecule has 26 heavy (non-hydrogen) atoms. The lowest BCUT2D eigenvalue weighted by Gasteiger charge is -2.36. The van der Waals surface area contributed by atoms with Gasteiger partial charge in [-0.25, -0.2) is 4.98 Å². The average Bonchev–Trinajstić information content (AvgIpc) is 2.68. The van der Waals surface area contributed by atoms with Gasteiger partial charge < -0.3 is 24.6 Å². The van der Waals surface area contributed by atoms with Gasteiger partial charge in [0.2, 0.25) is 11.8 Å². The van der Waals surface area contributed by atoms with E-state index in [9.17, 15) is 0 Å². The van der Waals surface area contributed by atoms with E-state index in [-0.39, 0.29) is 0 Å². The molecule has 0 atom stereocenters. The van der Waals surface area contributed by atoms with Gasteiger partial charge in [-0.15, -0.1) is 0 Å². The Morgan fingerprint density at radius 2 is 2.08 bits per heavy atom. The van der Waals surface area contributed by atoms with Crippen molar-refractivity contribution in [3.05, 3.63) is 10.7 Å². The van der Waals surface area contributed by atoms with Crippen molar-refractivity contribution in [1.29, 1.82) is 0 Å². The number of rotatable bonds is 8. The van der Waals surface area contributed by atoms with Crippen LogP contribution in [-0.4, -0.2) is 80.9 Å². The molecule has 0 radical (unpaired) electrons. The van der Waals surface area contributed by atoms with Crippen LogP contribution in [0.2, 0.25) is 0 Å². The van der Waals surface area contributed by atoms with Crippen molar-refractivity contribution >= 4 is 27.8 Å². The van der Waals surface area contributed by atoms with Crippen LogP contribution in [0, 0.1) is 0 Å². The number of guanidine groups is 1. The monoisotopic (exact) mass is 428 g/mol. The highest BCUT2D eigenvalue weighted by molar-refractivity contribution is 9.10. The molecule has 0 aliphatic carbocycles. The normalized spacial score (nSPS) is 15.3. The third-order valence-corrected chi connectivity index (χ3v) is 4.68. The van der Waals surface area contributed by atoms with Crippen LogP contribution in [0.4, 0.5) is 5.95 Å². The van der Waals surface area contributed by atoms with Gasteiger partial charge in [0.15, 0.2) is 5.96 Å². The summed E-state index contributed by atoms with van der Waals surface area (Å²) in [5, 5.41) is 3.37. The van der Waals surface area contributed by atoms with Gasteiger partial charge in [0.25, 0.3) is 0 Å². The molecule has 0 amide bonds. The van der Waals surface area contributed by atoms with Crippen LogP contribution in [0.25, 0.3) is 0 Å². The van der Waals surface area contributed by atoms with E-state index in [1.807, 2.05) is 7.05 Å². The number of unbranched alkanes of at least 4 members (excludes halogenated alkanes) is 1. The van der Waals surface area contributed by atoms with Crippen LogP contribution in [0.3, 0.4) is 0 Å². The van der Waals surface area contributed by atoms with Gasteiger partial charge in [0.1, 0.15) is 0 Å². The van der Waals surface area contributed by atoms with Gasteiger partial charge >= 0.3 is 0 Å². The molecule has 0 aromatic carbocycles. The van der Waals surface area contributed by atoms with Gasteiger partial charge in [0.05, 0.1) is 24.4 Å². The lowest BCUT2D eigenvalue weighted by Crippen LogP contribution is -2.53. The van der Waals surface area contributed by atoms with Crippen molar-refractivity contribution in [2.24, 2.45) is 4.99 Å². The zero-order valence-corrected chi connectivity index (χ0v) is 17.5. The molecule has 9 heteroatoms. The Labute approximate surface area is 164 Å². The number of anilines is 1. The summed E-state index contributed by atoms with van der Waals surface area (Å²) in [5.41, 5.74) is 0. The summed E-state index contributed by atoms with van der Waals surface area (Å²) in [6.07, 6.45) is 4.00. The first-order valence-corrected chi connectivity index (χ1v) is 9.83. The SMILES string of the molecule is CCCCOCCNC(=NC)N1CCN(c2ncc(Br)c(OC)n2)CC1. The Morgan fingerprint density at radius 1 is 1.31 bits per heavy atom. The van der Waals surface area contributed by atoms with Crippen molar-refractivity contribution in [3.63, 3.8) is 0 Å². The Hall–Kier alpha value is -1.61. The summed E-state index contributed by atoms with van der Waals surface area (Å²) in [7, 11) is 3.42. The predicted molar refractivity (Wildman–Crippen MR) is 107 cm³/mol. The van der Waals surface area contributed by atoms with E-state index in [0.717, 1.165) is 62.6 Å². The molecule has 0 bridgehead atoms. The molecular formula is C17H29BrN6O2. The summed E-state index contributed by atoms with van der Waals surface area (Å²) in [5.74, 6) is 2.16. The topological polar surface area (TPSA) is 75.1 Å². The predicted octanol–water partition coefficient (Wildman–Crippen LogP) is 1.76. The largest absolute Gasteiger partial charge is 0.480 e. The minimum atomic E-state index is 0.554. The Bertz CT molecular complexity index is 578. The molecule has 0 saturated carbocycles. The number of piperazine rings is 1. The summed E-state index contributed by atoms with van der Waals surface area (Å²) in [6.45, 7) is 7.84. The van der Waals surface area contributed by atoms with Gasteiger partial charge in [-0.1, -0.05) is 13.3 Å². The van der Waals surface area contributed by atoms with E-state index < -0.39 is 0 Å². The highest BCUT2D eigenvalue weighted by Crippen LogP contribution is 2.23. The molecule has 1 aliphatic rings. The Morgan fingerprint density at radius 3 is 2.73 bits per heavy atom. The fourth-order valence-electron chi connectivity index (χ4n) is 2.67. The van der Waals surface area contributed by atoms with Crippen LogP contribution in [0.1, 0.15) is 19.8 Å². The second-order valence-corrected chi connectivity index (χ2v) is 6.80. The maximum atomic E-state index is 5.59. The minimum Gasteiger partial charge on any atom is -0.480 e. The lowest BCUT2D eigenvalue weighted by molar-refractivity contribution is 0.135. The second kappa shape index (κ2) is 11.2. The number of aliphatic imine (C=N–C) groups is 1. The fourth-order valence-corrected chi connectivity index (χ4v) is 3.03. The third-order valence-electron chi connectivity index (χ3n) is 4.14. The molecule has 0 unspecified atom stereocenters. The molecule has 1 aromatic rings. The van der Waals surface area contributed by atoms with Crippen LogP contribution in [0.5, 0.6) is 5.88 Å². The number of halogens is 1. The number of hydrogen-bond donors (Lipinski definition) is 1. The summed E-state index contributed by atoms with van der Waals surface area (Å²) >= 11 is 3.39. The van der Waals surface area contributed by atoms with Crippen LogP contribution >= 0.6 is 15.9 Å². The molecule has 146 valence electrons. The first-order valence-electron chi connectivity index (χ1n) is 9.04. The molecular weight excluding hydrogens is 400 g/mol. The van der Waals surface area contributed by atoms with Gasteiger partial charge in [0, 0.05) is 46.4 Å². The first-order chi connectivity index (χ1) is 12.7. The zero-order chi connectivity index (χ0) is 18.8. The third kappa shape index (κ3) is 5.98. The van der Waals surface area contributed by atoms with Gasteiger partial charge in [-0.3, -0.25) is 4.99 Å². The molecule has 0 spiro atoms. The van der Waals surface area contributed by atoms with Crippen LogP contribution in [-0.2, 0) is 4.74 Å². The van der Waals surface area contributed by atoms with E-state index in [1.165, 1.54) is 0 Å². The highest BCUT2D eigenvalue weighted by Gasteiger charge is 2.22. The van der Waals surface area contributed by atoms with E-state index in [0.29, 0.717) is 18.4 Å². The van der Waals surface area contributed by atoms with E-state index >= 15 is 0 Å². The Kier molecular flexibility index (Phi) is 8.90. The van der Waals surface area contributed by atoms with Gasteiger partial charge in [-0.2, -0.15) is 4.98 Å². The van der Waals surface area contributed by atoms with Gasteiger partial charge in [-0.05, 0) is 22.4 Å². The average molecular weight is 429 g/mol. The maximum absolute atomic E-state index is 5.59. The van der Waals surface area contributed by atoms with Crippen LogP contribution < -0.4 is 15.0 Å². The molecule has 1 aromatic heterocycles. The van der Waals surface area contributed by atoms with Crippen LogP contribution in [0.15, 0.2) is 15.7 Å². The highest BCUT2D eigenvalue weighted by atomic mass is 79.9. The number of methoxy groups -OCH3 is 1. The van der Waals surface area contributed by atoms with E-state index in [2.05, 4.69) is 52.9 Å². The van der Waals surface area contributed by atoms with E-state index in [4.69, 9.17) is 9.47 Å². The fraction of sp³-hybridized carbons (Fsp3) is 0.706. The van der Waals surface area contributed by atoms with Crippen molar-refractivity contribution in [2.75, 3.05) is 65.0 Å². The number of ether oxygens (including phenoxy) is 2. The van der Waals surface area contributed by atoms with Crippen molar-refractivity contribution in [2.45, 2.75) is 19.8 Å². The van der Waals surface area contributed by atoms with Crippen molar-refractivity contribution in [3.8, 4) is 5.88 Å². The van der Waals surface area contributed by atoms with Crippen molar-refractivity contribution < 1.29 is 9.47 Å². The molecule has 2 heterocycles. The molecule has 1 saturated heterocycles. The molecule has 1 N–H and O–H groups in total. The maximum Gasteiger partial charge on any atom is 0.232 e. The molecule has 2 rings (SSSR count). The van der Waals surface area contributed by atoms with E-state index in [1.54, 1.807) is 13.3 Å². The number of aromatic nitrogens is 2. The standard InChI is InChI=1S/C17H29BrN6O2/c1-4-5-11-26-12-6-20-16(19-2)23-7-9-24(10-8-23)17-21-13-14(18)15(22-17)25-3/h13H,4-12H2,1-3H3,(H,19,20). The Balaban J connectivity index is 1.79. The lowest BCUT2D eigenvalue weighted by atomic mass is 10.3. The number of nitrogens with zero attached hydrogens (tertiary/aromatic N) is 5. The molecule has 1 fully saturated rings. The van der Waals surface area contributed by atoms with Crippen molar-refractivity contribution in [1.82, 2.24) is 20.2 Å². The first kappa shape index (κ1) is 20.7.